The predicted molar refractivity (Wildman–Crippen MR) is 66.3 cm³/mol. The standard InChI is InChI=1S/C13H18F2N2O/c1-13(2,3)17-12(18)16-5-4-9-6-10(14)8-11(15)7-9/h6-8H,4-5H2,1-3H3,(H2,16,17,18). The summed E-state index contributed by atoms with van der Waals surface area (Å²) in [7, 11) is 0. The molecule has 0 saturated heterocycles. The van der Waals surface area contributed by atoms with E-state index in [0.29, 0.717) is 18.5 Å². The Balaban J connectivity index is 2.40. The molecule has 5 heteroatoms. The first-order chi connectivity index (χ1) is 8.26. The second kappa shape index (κ2) is 5.80. The zero-order chi connectivity index (χ0) is 13.8. The van der Waals surface area contributed by atoms with Gasteiger partial charge in [0.05, 0.1) is 0 Å². The summed E-state index contributed by atoms with van der Waals surface area (Å²) < 4.78 is 25.8. The smallest absolute Gasteiger partial charge is 0.315 e. The monoisotopic (exact) mass is 256 g/mol. The molecule has 1 aromatic rings. The van der Waals surface area contributed by atoms with Gasteiger partial charge in [-0.05, 0) is 44.9 Å². The predicted octanol–water partition coefficient (Wildman–Crippen LogP) is 2.61. The summed E-state index contributed by atoms with van der Waals surface area (Å²) >= 11 is 0. The van der Waals surface area contributed by atoms with Crippen molar-refractivity contribution in [1.29, 1.82) is 0 Å². The van der Waals surface area contributed by atoms with Crippen molar-refractivity contribution in [3.8, 4) is 0 Å². The molecule has 0 bridgehead atoms. The molecule has 0 aliphatic carbocycles. The fourth-order valence-electron chi connectivity index (χ4n) is 1.46. The third-order valence-corrected chi connectivity index (χ3v) is 2.11. The fourth-order valence-corrected chi connectivity index (χ4v) is 1.46. The van der Waals surface area contributed by atoms with Gasteiger partial charge in [0.15, 0.2) is 0 Å². The molecular weight excluding hydrogens is 238 g/mol. The van der Waals surface area contributed by atoms with E-state index in [9.17, 15) is 13.6 Å². The zero-order valence-corrected chi connectivity index (χ0v) is 10.8. The van der Waals surface area contributed by atoms with Crippen LogP contribution in [0.1, 0.15) is 26.3 Å². The summed E-state index contributed by atoms with van der Waals surface area (Å²) in [4.78, 5) is 11.4. The van der Waals surface area contributed by atoms with Crippen LogP contribution in [0.15, 0.2) is 18.2 Å². The zero-order valence-electron chi connectivity index (χ0n) is 10.8. The summed E-state index contributed by atoms with van der Waals surface area (Å²) in [5.74, 6) is -1.21. The van der Waals surface area contributed by atoms with Gasteiger partial charge >= 0.3 is 6.03 Å². The molecular formula is C13H18F2N2O. The van der Waals surface area contributed by atoms with E-state index in [1.165, 1.54) is 12.1 Å². The molecule has 2 amide bonds. The maximum Gasteiger partial charge on any atom is 0.315 e. The number of amides is 2. The van der Waals surface area contributed by atoms with Crippen molar-refractivity contribution < 1.29 is 13.6 Å². The van der Waals surface area contributed by atoms with E-state index >= 15 is 0 Å². The lowest BCUT2D eigenvalue weighted by atomic mass is 10.1. The molecule has 1 rings (SSSR count). The van der Waals surface area contributed by atoms with Crippen LogP contribution in [-0.2, 0) is 6.42 Å². The van der Waals surface area contributed by atoms with Gasteiger partial charge in [-0.15, -0.1) is 0 Å². The Morgan fingerprint density at radius 3 is 2.22 bits per heavy atom. The normalized spacial score (nSPS) is 11.2. The summed E-state index contributed by atoms with van der Waals surface area (Å²) in [6.07, 6.45) is 0.381. The first kappa shape index (κ1) is 14.4. The van der Waals surface area contributed by atoms with Crippen molar-refractivity contribution in [2.45, 2.75) is 32.7 Å². The highest BCUT2D eigenvalue weighted by atomic mass is 19.1. The lowest BCUT2D eigenvalue weighted by Crippen LogP contribution is -2.46. The number of carbonyl (C=O) groups excluding carboxylic acids is 1. The number of hydrogen-bond acceptors (Lipinski definition) is 1. The summed E-state index contributed by atoms with van der Waals surface area (Å²) in [6.45, 7) is 5.93. The first-order valence-electron chi connectivity index (χ1n) is 5.77. The third-order valence-electron chi connectivity index (χ3n) is 2.11. The van der Waals surface area contributed by atoms with Crippen molar-refractivity contribution in [2.75, 3.05) is 6.54 Å². The minimum absolute atomic E-state index is 0.292. The van der Waals surface area contributed by atoms with E-state index in [-0.39, 0.29) is 11.6 Å². The second-order valence-electron chi connectivity index (χ2n) is 5.16. The molecule has 0 radical (unpaired) electrons. The Morgan fingerprint density at radius 2 is 1.72 bits per heavy atom. The molecule has 0 aliphatic heterocycles. The van der Waals surface area contributed by atoms with E-state index < -0.39 is 11.6 Å². The molecule has 0 atom stereocenters. The summed E-state index contributed by atoms with van der Waals surface area (Å²) in [6, 6.07) is 3.04. The van der Waals surface area contributed by atoms with Gasteiger partial charge in [0.1, 0.15) is 11.6 Å². The summed E-state index contributed by atoms with van der Waals surface area (Å²) in [5.41, 5.74) is 0.207. The van der Waals surface area contributed by atoms with Crippen LogP contribution in [0.4, 0.5) is 13.6 Å². The Bertz CT molecular complexity index is 407. The molecule has 3 nitrogen and oxygen atoms in total. The minimum Gasteiger partial charge on any atom is -0.338 e. The molecule has 18 heavy (non-hydrogen) atoms. The average molecular weight is 256 g/mol. The highest BCUT2D eigenvalue weighted by molar-refractivity contribution is 5.74. The topological polar surface area (TPSA) is 41.1 Å². The van der Waals surface area contributed by atoms with Crippen molar-refractivity contribution >= 4 is 6.03 Å². The highest BCUT2D eigenvalue weighted by Crippen LogP contribution is 2.08. The van der Waals surface area contributed by atoms with Crippen molar-refractivity contribution in [3.63, 3.8) is 0 Å². The lowest BCUT2D eigenvalue weighted by molar-refractivity contribution is 0.232. The Morgan fingerprint density at radius 1 is 1.17 bits per heavy atom. The minimum atomic E-state index is -0.607. The van der Waals surface area contributed by atoms with Crippen molar-refractivity contribution in [1.82, 2.24) is 10.6 Å². The SMILES string of the molecule is CC(C)(C)NC(=O)NCCc1cc(F)cc(F)c1. The van der Waals surface area contributed by atoms with Gasteiger partial charge in [-0.3, -0.25) is 0 Å². The molecule has 0 fully saturated rings. The number of carbonyl (C=O) groups is 1. The van der Waals surface area contributed by atoms with Gasteiger partial charge < -0.3 is 10.6 Å². The molecule has 0 heterocycles. The fraction of sp³-hybridized carbons (Fsp3) is 0.462. The van der Waals surface area contributed by atoms with E-state index in [4.69, 9.17) is 0 Å². The van der Waals surface area contributed by atoms with Crippen LogP contribution < -0.4 is 10.6 Å². The molecule has 0 aromatic heterocycles. The molecule has 100 valence electrons. The number of benzene rings is 1. The molecule has 0 spiro atoms. The maximum absolute atomic E-state index is 12.9. The van der Waals surface area contributed by atoms with Crippen molar-refractivity contribution in [3.05, 3.63) is 35.4 Å². The molecule has 0 unspecified atom stereocenters. The quantitative estimate of drug-likeness (QED) is 0.857. The third kappa shape index (κ3) is 5.61. The van der Waals surface area contributed by atoms with Crippen LogP contribution in [0, 0.1) is 11.6 Å². The number of rotatable bonds is 3. The maximum atomic E-state index is 12.9. The van der Waals surface area contributed by atoms with Gasteiger partial charge in [-0.2, -0.15) is 0 Å². The number of halogens is 2. The van der Waals surface area contributed by atoms with Crippen LogP contribution in [0.5, 0.6) is 0 Å². The number of nitrogens with one attached hydrogen (secondary N) is 2. The second-order valence-corrected chi connectivity index (χ2v) is 5.16. The van der Waals surface area contributed by atoms with Crippen LogP contribution in [0.25, 0.3) is 0 Å². The van der Waals surface area contributed by atoms with Crippen LogP contribution in [-0.4, -0.2) is 18.1 Å². The molecule has 2 N–H and O–H groups in total. The van der Waals surface area contributed by atoms with E-state index in [0.717, 1.165) is 6.07 Å². The lowest BCUT2D eigenvalue weighted by Gasteiger charge is -2.20. The van der Waals surface area contributed by atoms with Gasteiger partial charge in [0, 0.05) is 18.2 Å². The van der Waals surface area contributed by atoms with E-state index in [1.807, 2.05) is 20.8 Å². The Kier molecular flexibility index (Phi) is 4.64. The van der Waals surface area contributed by atoms with Gasteiger partial charge in [-0.25, -0.2) is 13.6 Å². The molecule has 1 aromatic carbocycles. The van der Waals surface area contributed by atoms with Gasteiger partial charge in [0.25, 0.3) is 0 Å². The van der Waals surface area contributed by atoms with Crippen LogP contribution in [0.2, 0.25) is 0 Å². The van der Waals surface area contributed by atoms with E-state index in [2.05, 4.69) is 10.6 Å². The molecule has 0 saturated carbocycles. The van der Waals surface area contributed by atoms with Crippen molar-refractivity contribution in [2.24, 2.45) is 0 Å². The highest BCUT2D eigenvalue weighted by Gasteiger charge is 2.12. The molecule has 0 aliphatic rings. The van der Waals surface area contributed by atoms with Crippen LogP contribution in [0.3, 0.4) is 0 Å². The van der Waals surface area contributed by atoms with Gasteiger partial charge in [-0.1, -0.05) is 0 Å². The first-order valence-corrected chi connectivity index (χ1v) is 5.77. The number of hydrogen-bond donors (Lipinski definition) is 2. The number of urea groups is 1. The van der Waals surface area contributed by atoms with Gasteiger partial charge in [0.2, 0.25) is 0 Å². The average Bonchev–Trinajstić information content (AvgIpc) is 2.12. The van der Waals surface area contributed by atoms with E-state index in [1.54, 1.807) is 0 Å². The van der Waals surface area contributed by atoms with Crippen LogP contribution >= 0.6 is 0 Å². The Hall–Kier alpha value is -1.65. The summed E-state index contributed by atoms with van der Waals surface area (Å²) in [5, 5.41) is 5.36. The largest absolute Gasteiger partial charge is 0.338 e. The Labute approximate surface area is 106 Å².